The van der Waals surface area contributed by atoms with Crippen molar-refractivity contribution in [3.8, 4) is 16.9 Å². The SMILES string of the molecule is O/C=C1/c2ccccc2-c2ccc(O)cc21. The summed E-state index contributed by atoms with van der Waals surface area (Å²) < 4.78 is 0. The minimum Gasteiger partial charge on any atom is -0.515 e. The number of benzene rings is 2. The van der Waals surface area contributed by atoms with E-state index in [9.17, 15) is 10.2 Å². The highest BCUT2D eigenvalue weighted by Gasteiger charge is 2.23. The van der Waals surface area contributed by atoms with Crippen LogP contribution in [0.25, 0.3) is 16.7 Å². The lowest BCUT2D eigenvalue weighted by molar-refractivity contribution is 0.474. The molecule has 0 amide bonds. The van der Waals surface area contributed by atoms with Crippen LogP contribution >= 0.6 is 0 Å². The van der Waals surface area contributed by atoms with Gasteiger partial charge in [-0.15, -0.1) is 0 Å². The second kappa shape index (κ2) is 3.14. The summed E-state index contributed by atoms with van der Waals surface area (Å²) in [6.07, 6.45) is 1.10. The summed E-state index contributed by atoms with van der Waals surface area (Å²) in [5, 5.41) is 18.8. The number of hydrogen-bond donors (Lipinski definition) is 2. The highest BCUT2D eigenvalue weighted by Crippen LogP contribution is 2.44. The van der Waals surface area contributed by atoms with Gasteiger partial charge in [0.25, 0.3) is 0 Å². The van der Waals surface area contributed by atoms with Gasteiger partial charge in [0.1, 0.15) is 5.75 Å². The van der Waals surface area contributed by atoms with Crippen molar-refractivity contribution in [2.24, 2.45) is 0 Å². The van der Waals surface area contributed by atoms with Crippen LogP contribution in [0, 0.1) is 0 Å². The Hall–Kier alpha value is -2.22. The zero-order valence-electron chi connectivity index (χ0n) is 8.51. The summed E-state index contributed by atoms with van der Waals surface area (Å²) in [4.78, 5) is 0. The molecule has 16 heavy (non-hydrogen) atoms. The number of phenols is 1. The normalized spacial score (nSPS) is 14.9. The summed E-state index contributed by atoms with van der Waals surface area (Å²) in [7, 11) is 0. The number of phenolic OH excluding ortho intramolecular Hbond substituents is 1. The molecule has 2 N–H and O–H groups in total. The Balaban J connectivity index is 2.39. The Morgan fingerprint density at radius 3 is 2.25 bits per heavy atom. The van der Waals surface area contributed by atoms with Crippen LogP contribution < -0.4 is 0 Å². The monoisotopic (exact) mass is 210 g/mol. The summed E-state index contributed by atoms with van der Waals surface area (Å²) in [5.74, 6) is 0.214. The van der Waals surface area contributed by atoms with Gasteiger partial charge in [0.2, 0.25) is 0 Å². The number of hydrogen-bond acceptors (Lipinski definition) is 2. The molecule has 0 saturated heterocycles. The summed E-state index contributed by atoms with van der Waals surface area (Å²) >= 11 is 0. The Labute approximate surface area is 93.1 Å². The van der Waals surface area contributed by atoms with E-state index >= 15 is 0 Å². The fourth-order valence-electron chi connectivity index (χ4n) is 2.23. The maximum Gasteiger partial charge on any atom is 0.116 e. The predicted octanol–water partition coefficient (Wildman–Crippen LogP) is 3.32. The third kappa shape index (κ3) is 1.07. The van der Waals surface area contributed by atoms with Crippen LogP contribution in [-0.4, -0.2) is 10.2 Å². The van der Waals surface area contributed by atoms with Gasteiger partial charge in [0, 0.05) is 5.57 Å². The van der Waals surface area contributed by atoms with Crippen LogP contribution in [0.3, 0.4) is 0 Å². The highest BCUT2D eigenvalue weighted by atomic mass is 16.3. The topological polar surface area (TPSA) is 40.5 Å². The van der Waals surface area contributed by atoms with Gasteiger partial charge in [-0.25, -0.2) is 0 Å². The van der Waals surface area contributed by atoms with Gasteiger partial charge in [-0.05, 0) is 34.4 Å². The van der Waals surface area contributed by atoms with E-state index in [1.165, 1.54) is 0 Å². The van der Waals surface area contributed by atoms with Crippen molar-refractivity contribution in [2.75, 3.05) is 0 Å². The van der Waals surface area contributed by atoms with Crippen molar-refractivity contribution in [3.63, 3.8) is 0 Å². The van der Waals surface area contributed by atoms with E-state index < -0.39 is 0 Å². The van der Waals surface area contributed by atoms with Crippen molar-refractivity contribution in [1.82, 2.24) is 0 Å². The molecule has 0 fully saturated rings. The Kier molecular flexibility index (Phi) is 1.77. The largest absolute Gasteiger partial charge is 0.515 e. The minimum atomic E-state index is 0.214. The Bertz CT molecular complexity index is 597. The van der Waals surface area contributed by atoms with Crippen molar-refractivity contribution in [1.29, 1.82) is 0 Å². The molecule has 0 unspecified atom stereocenters. The van der Waals surface area contributed by atoms with Crippen LogP contribution in [-0.2, 0) is 0 Å². The number of aliphatic hydroxyl groups is 1. The molecule has 78 valence electrons. The Morgan fingerprint density at radius 1 is 0.812 bits per heavy atom. The lowest BCUT2D eigenvalue weighted by atomic mass is 10.1. The minimum absolute atomic E-state index is 0.214. The molecule has 2 aromatic rings. The third-order valence-electron chi connectivity index (χ3n) is 2.93. The van der Waals surface area contributed by atoms with Gasteiger partial charge in [0.15, 0.2) is 0 Å². The molecule has 0 aliphatic heterocycles. The lowest BCUT2D eigenvalue weighted by Gasteiger charge is -2.00. The molecule has 2 nitrogen and oxygen atoms in total. The average Bonchev–Trinajstić information content (AvgIpc) is 2.61. The smallest absolute Gasteiger partial charge is 0.116 e. The zero-order valence-corrected chi connectivity index (χ0v) is 8.51. The molecule has 0 spiro atoms. The summed E-state index contributed by atoms with van der Waals surface area (Å²) in [6, 6.07) is 13.1. The van der Waals surface area contributed by atoms with E-state index in [0.717, 1.165) is 34.1 Å². The van der Waals surface area contributed by atoms with Crippen LogP contribution in [0.2, 0.25) is 0 Å². The van der Waals surface area contributed by atoms with Crippen molar-refractivity contribution in [2.45, 2.75) is 0 Å². The second-order valence-corrected chi connectivity index (χ2v) is 3.82. The van der Waals surface area contributed by atoms with E-state index in [4.69, 9.17) is 0 Å². The van der Waals surface area contributed by atoms with Crippen molar-refractivity contribution < 1.29 is 10.2 Å². The maximum absolute atomic E-state index is 9.48. The summed E-state index contributed by atoms with van der Waals surface area (Å²) in [5.41, 5.74) is 4.79. The van der Waals surface area contributed by atoms with Gasteiger partial charge in [0.05, 0.1) is 6.26 Å². The van der Waals surface area contributed by atoms with Gasteiger partial charge < -0.3 is 10.2 Å². The summed E-state index contributed by atoms with van der Waals surface area (Å²) in [6.45, 7) is 0. The van der Waals surface area contributed by atoms with Crippen LogP contribution in [0.5, 0.6) is 5.75 Å². The predicted molar refractivity (Wildman–Crippen MR) is 63.3 cm³/mol. The van der Waals surface area contributed by atoms with Crippen LogP contribution in [0.15, 0.2) is 48.7 Å². The molecular formula is C14H10O2. The molecule has 3 rings (SSSR count). The number of fused-ring (bicyclic) bond motifs is 3. The van der Waals surface area contributed by atoms with E-state index in [2.05, 4.69) is 0 Å². The lowest BCUT2D eigenvalue weighted by Crippen LogP contribution is -1.80. The third-order valence-corrected chi connectivity index (χ3v) is 2.93. The fourth-order valence-corrected chi connectivity index (χ4v) is 2.23. The van der Waals surface area contributed by atoms with Crippen LogP contribution in [0.1, 0.15) is 11.1 Å². The number of rotatable bonds is 0. The van der Waals surface area contributed by atoms with E-state index in [0.29, 0.717) is 0 Å². The molecule has 0 heterocycles. The van der Waals surface area contributed by atoms with Crippen LogP contribution in [0.4, 0.5) is 0 Å². The molecule has 0 bridgehead atoms. The first-order valence-electron chi connectivity index (χ1n) is 5.09. The van der Waals surface area contributed by atoms with Crippen molar-refractivity contribution >= 4 is 5.57 Å². The van der Waals surface area contributed by atoms with Crippen molar-refractivity contribution in [3.05, 3.63) is 59.9 Å². The van der Waals surface area contributed by atoms with Gasteiger partial charge in [-0.2, -0.15) is 0 Å². The number of aromatic hydroxyl groups is 1. The van der Waals surface area contributed by atoms with Gasteiger partial charge >= 0.3 is 0 Å². The fraction of sp³-hybridized carbons (Fsp3) is 0. The van der Waals surface area contributed by atoms with Gasteiger partial charge in [-0.1, -0.05) is 30.3 Å². The molecule has 1 aliphatic rings. The Morgan fingerprint density at radius 2 is 1.50 bits per heavy atom. The molecule has 0 atom stereocenters. The first kappa shape index (κ1) is 9.04. The first-order valence-corrected chi connectivity index (χ1v) is 5.09. The molecule has 1 aliphatic carbocycles. The number of aliphatic hydroxyl groups excluding tert-OH is 1. The quantitative estimate of drug-likeness (QED) is 0.559. The molecule has 0 radical (unpaired) electrons. The maximum atomic E-state index is 9.48. The standard InChI is InChI=1S/C14H10O2/c15-8-14-11-4-2-1-3-10(11)12-6-5-9(16)7-13(12)14/h1-8,15-16H/b14-8-. The molecule has 0 aromatic heterocycles. The van der Waals surface area contributed by atoms with E-state index in [1.807, 2.05) is 30.3 Å². The molecule has 2 heteroatoms. The molecule has 0 saturated carbocycles. The zero-order chi connectivity index (χ0) is 11.1. The highest BCUT2D eigenvalue weighted by molar-refractivity contribution is 6.01. The van der Waals surface area contributed by atoms with E-state index in [1.54, 1.807) is 12.1 Å². The second-order valence-electron chi connectivity index (χ2n) is 3.82. The molecular weight excluding hydrogens is 200 g/mol. The average molecular weight is 210 g/mol. The first-order chi connectivity index (χ1) is 7.81. The van der Waals surface area contributed by atoms with Gasteiger partial charge in [-0.3, -0.25) is 0 Å². The van der Waals surface area contributed by atoms with E-state index in [-0.39, 0.29) is 5.75 Å². The molecule has 2 aromatic carbocycles.